The third-order valence-corrected chi connectivity index (χ3v) is 3.83. The van der Waals surface area contributed by atoms with E-state index in [1.807, 2.05) is 31.2 Å². The molecule has 0 aliphatic rings. The summed E-state index contributed by atoms with van der Waals surface area (Å²) in [4.78, 5) is 2.04. The largest absolute Gasteiger partial charge is 0.276 e. The minimum Gasteiger partial charge on any atom is -0.207 e. The second-order valence-corrected chi connectivity index (χ2v) is 5.88. The fourth-order valence-electron chi connectivity index (χ4n) is 1.49. The van der Waals surface area contributed by atoms with Crippen molar-refractivity contribution in [3.05, 3.63) is 65.5 Å². The molecule has 6 heteroatoms. The molecule has 0 aromatic heterocycles. The van der Waals surface area contributed by atoms with Gasteiger partial charge in [-0.1, -0.05) is 29.8 Å². The molecule has 1 N–H and O–H groups in total. The van der Waals surface area contributed by atoms with Gasteiger partial charge in [0, 0.05) is 0 Å². The maximum atomic E-state index is 12.7. The van der Waals surface area contributed by atoms with Crippen LogP contribution in [0.1, 0.15) is 11.1 Å². The van der Waals surface area contributed by atoms with Crippen LogP contribution >= 0.6 is 0 Å². The summed E-state index contributed by atoms with van der Waals surface area (Å²) >= 11 is 0. The van der Waals surface area contributed by atoms with Gasteiger partial charge in [-0.25, -0.2) is 9.22 Å². The molecule has 0 fully saturated rings. The highest BCUT2D eigenvalue weighted by Gasteiger charge is 2.12. The first-order valence-corrected chi connectivity index (χ1v) is 7.33. The number of nitrogens with one attached hydrogen (secondary N) is 1. The summed E-state index contributed by atoms with van der Waals surface area (Å²) in [6.45, 7) is 1.96. The van der Waals surface area contributed by atoms with Crippen molar-refractivity contribution < 1.29 is 12.8 Å². The van der Waals surface area contributed by atoms with E-state index in [4.69, 9.17) is 0 Å². The van der Waals surface area contributed by atoms with Crippen LogP contribution in [0.2, 0.25) is 0 Å². The first-order chi connectivity index (χ1) is 9.47. The van der Waals surface area contributed by atoms with Gasteiger partial charge in [0.15, 0.2) is 0 Å². The molecule has 0 heterocycles. The van der Waals surface area contributed by atoms with Gasteiger partial charge in [-0.2, -0.15) is 13.5 Å². The van der Waals surface area contributed by atoms with Crippen LogP contribution in [-0.4, -0.2) is 14.6 Å². The number of hydrogen-bond donors (Lipinski definition) is 1. The van der Waals surface area contributed by atoms with Gasteiger partial charge in [0.05, 0.1) is 11.1 Å². The molecule has 4 nitrogen and oxygen atoms in total. The standard InChI is InChI=1S/C14H13FN2O2S/c1-11-2-4-12(5-3-11)10-16-17-20(18,19)14-8-6-13(15)7-9-14/h2-10,17H,1H3/b16-10+. The van der Waals surface area contributed by atoms with Gasteiger partial charge >= 0.3 is 0 Å². The molecule has 0 saturated carbocycles. The zero-order chi connectivity index (χ0) is 14.6. The van der Waals surface area contributed by atoms with Crippen LogP contribution in [0.3, 0.4) is 0 Å². The summed E-state index contributed by atoms with van der Waals surface area (Å²) in [5.41, 5.74) is 1.88. The molecule has 0 bridgehead atoms. The van der Waals surface area contributed by atoms with Crippen molar-refractivity contribution in [1.82, 2.24) is 4.83 Å². The zero-order valence-electron chi connectivity index (χ0n) is 10.7. The highest BCUT2D eigenvalue weighted by Crippen LogP contribution is 2.09. The highest BCUT2D eigenvalue weighted by atomic mass is 32.2. The van der Waals surface area contributed by atoms with E-state index < -0.39 is 15.8 Å². The monoisotopic (exact) mass is 292 g/mol. The van der Waals surface area contributed by atoms with Crippen LogP contribution < -0.4 is 4.83 Å². The molecule has 0 saturated heterocycles. The predicted molar refractivity (Wildman–Crippen MR) is 75.5 cm³/mol. The van der Waals surface area contributed by atoms with Crippen molar-refractivity contribution in [3.63, 3.8) is 0 Å². The molecule has 0 amide bonds. The minimum absolute atomic E-state index is 0.0417. The van der Waals surface area contributed by atoms with Crippen molar-refractivity contribution in [1.29, 1.82) is 0 Å². The van der Waals surface area contributed by atoms with Crippen LogP contribution in [-0.2, 0) is 10.0 Å². The Morgan fingerprint density at radius 1 is 1.05 bits per heavy atom. The molecule has 2 aromatic rings. The smallest absolute Gasteiger partial charge is 0.207 e. The lowest BCUT2D eigenvalue weighted by atomic mass is 10.2. The Kier molecular flexibility index (Phi) is 4.14. The van der Waals surface area contributed by atoms with E-state index in [9.17, 15) is 12.8 Å². The van der Waals surface area contributed by atoms with Crippen molar-refractivity contribution >= 4 is 16.2 Å². The lowest BCUT2D eigenvalue weighted by Gasteiger charge is -2.02. The number of hydrogen-bond acceptors (Lipinski definition) is 3. The quantitative estimate of drug-likeness (QED) is 0.695. The second-order valence-electron chi connectivity index (χ2n) is 4.22. The van der Waals surface area contributed by atoms with E-state index in [0.29, 0.717) is 0 Å². The van der Waals surface area contributed by atoms with Gasteiger partial charge in [0.25, 0.3) is 10.0 Å². The molecule has 0 atom stereocenters. The van der Waals surface area contributed by atoms with Crippen LogP contribution in [0.15, 0.2) is 58.5 Å². The van der Waals surface area contributed by atoms with E-state index >= 15 is 0 Å². The van der Waals surface area contributed by atoms with Gasteiger partial charge in [0.1, 0.15) is 5.82 Å². The van der Waals surface area contributed by atoms with Gasteiger partial charge < -0.3 is 0 Å². The van der Waals surface area contributed by atoms with Crippen molar-refractivity contribution in [2.75, 3.05) is 0 Å². The molecule has 0 aliphatic carbocycles. The number of rotatable bonds is 4. The zero-order valence-corrected chi connectivity index (χ0v) is 11.6. The number of hydrazone groups is 1. The van der Waals surface area contributed by atoms with Gasteiger partial charge in [0.2, 0.25) is 0 Å². The molecule has 2 aromatic carbocycles. The lowest BCUT2D eigenvalue weighted by molar-refractivity contribution is 0.583. The number of nitrogens with zero attached hydrogens (tertiary/aromatic N) is 1. The van der Waals surface area contributed by atoms with Crippen LogP contribution in [0, 0.1) is 12.7 Å². The fourth-order valence-corrected chi connectivity index (χ4v) is 2.28. The predicted octanol–water partition coefficient (Wildman–Crippen LogP) is 2.45. The van der Waals surface area contributed by atoms with E-state index in [1.54, 1.807) is 0 Å². The van der Waals surface area contributed by atoms with E-state index in [-0.39, 0.29) is 4.90 Å². The molecule has 0 spiro atoms. The van der Waals surface area contributed by atoms with Crippen molar-refractivity contribution in [2.45, 2.75) is 11.8 Å². The molecule has 0 radical (unpaired) electrons. The topological polar surface area (TPSA) is 58.5 Å². The lowest BCUT2D eigenvalue weighted by Crippen LogP contribution is -2.18. The SMILES string of the molecule is Cc1ccc(/C=N/NS(=O)(=O)c2ccc(F)cc2)cc1. The average Bonchev–Trinajstić information content (AvgIpc) is 2.41. The Labute approximate surface area is 117 Å². The summed E-state index contributed by atoms with van der Waals surface area (Å²) in [6.07, 6.45) is 1.40. The molecular weight excluding hydrogens is 279 g/mol. The normalized spacial score (nSPS) is 11.7. The Bertz CT molecular complexity index is 708. The second kappa shape index (κ2) is 5.83. The molecule has 104 valence electrons. The third-order valence-electron chi connectivity index (χ3n) is 2.59. The molecule has 20 heavy (non-hydrogen) atoms. The van der Waals surface area contributed by atoms with E-state index in [0.717, 1.165) is 23.3 Å². The average molecular weight is 292 g/mol. The van der Waals surface area contributed by atoms with Gasteiger partial charge in [-0.15, -0.1) is 0 Å². The summed E-state index contributed by atoms with van der Waals surface area (Å²) in [5.74, 6) is -0.493. The highest BCUT2D eigenvalue weighted by molar-refractivity contribution is 7.89. The summed E-state index contributed by atoms with van der Waals surface area (Å²) in [6, 6.07) is 12.0. The van der Waals surface area contributed by atoms with Crippen molar-refractivity contribution in [2.24, 2.45) is 5.10 Å². The first kappa shape index (κ1) is 14.2. The summed E-state index contributed by atoms with van der Waals surface area (Å²) < 4.78 is 36.4. The Balaban J connectivity index is 2.09. The van der Waals surface area contributed by atoms with Crippen LogP contribution in [0.4, 0.5) is 4.39 Å². The Morgan fingerprint density at radius 3 is 2.25 bits per heavy atom. The van der Waals surface area contributed by atoms with Crippen LogP contribution in [0.25, 0.3) is 0 Å². The third kappa shape index (κ3) is 3.64. The van der Waals surface area contributed by atoms with Crippen LogP contribution in [0.5, 0.6) is 0 Å². The maximum Gasteiger partial charge on any atom is 0.276 e. The Morgan fingerprint density at radius 2 is 1.65 bits per heavy atom. The Hall–Kier alpha value is -2.21. The molecule has 2 rings (SSSR count). The van der Waals surface area contributed by atoms with E-state index in [1.165, 1.54) is 18.3 Å². The number of benzene rings is 2. The first-order valence-electron chi connectivity index (χ1n) is 5.84. The molecule has 0 aliphatic heterocycles. The molecule has 0 unspecified atom stereocenters. The summed E-state index contributed by atoms with van der Waals surface area (Å²) in [7, 11) is -3.77. The number of aryl methyl sites for hydroxylation is 1. The summed E-state index contributed by atoms with van der Waals surface area (Å²) in [5, 5.41) is 3.69. The van der Waals surface area contributed by atoms with Gasteiger partial charge in [-0.05, 0) is 36.8 Å². The molecular formula is C14H13FN2O2S. The van der Waals surface area contributed by atoms with Crippen molar-refractivity contribution in [3.8, 4) is 0 Å². The number of halogens is 1. The fraction of sp³-hybridized carbons (Fsp3) is 0.0714. The van der Waals surface area contributed by atoms with E-state index in [2.05, 4.69) is 9.93 Å². The minimum atomic E-state index is -3.77. The van der Waals surface area contributed by atoms with Gasteiger partial charge in [-0.3, -0.25) is 0 Å². The maximum absolute atomic E-state index is 12.7. The number of sulfonamides is 1.